The molecule has 6 aromatic carbocycles. The molecular weight excluding hydrogens is 643 g/mol. The molecule has 0 aliphatic heterocycles. The van der Waals surface area contributed by atoms with Crippen LogP contribution in [0.3, 0.4) is 0 Å². The second kappa shape index (κ2) is 12.1. The van der Waals surface area contributed by atoms with Gasteiger partial charge in [-0.25, -0.2) is 0 Å². The lowest BCUT2D eigenvalue weighted by Crippen LogP contribution is -2.10. The van der Waals surface area contributed by atoms with Gasteiger partial charge in [-0.2, -0.15) is 0 Å². The number of furan rings is 1. The Morgan fingerprint density at radius 3 is 1.82 bits per heavy atom. The van der Waals surface area contributed by atoms with Crippen molar-refractivity contribution in [3.05, 3.63) is 176 Å². The molecule has 10 rings (SSSR count). The molecule has 0 saturated carbocycles. The maximum atomic E-state index is 6.08. The van der Waals surface area contributed by atoms with Crippen molar-refractivity contribution >= 4 is 70.5 Å². The number of fused-ring (bicyclic) bond motifs is 6. The lowest BCUT2D eigenvalue weighted by atomic mass is 10.0. The van der Waals surface area contributed by atoms with Gasteiger partial charge in [0.25, 0.3) is 0 Å². The molecule has 0 N–H and O–H groups in total. The summed E-state index contributed by atoms with van der Waals surface area (Å²) < 4.78 is 8.68. The van der Waals surface area contributed by atoms with E-state index in [1.165, 1.54) is 20.2 Å². The maximum Gasteiger partial charge on any atom is 0.135 e. The molecule has 0 bridgehead atoms. The van der Waals surface area contributed by atoms with Gasteiger partial charge in [-0.15, -0.1) is 11.3 Å². The molecule has 0 unspecified atom stereocenters. The Balaban J connectivity index is 1.02. The van der Waals surface area contributed by atoms with Gasteiger partial charge in [-0.3, -0.25) is 9.97 Å². The first-order valence-corrected chi connectivity index (χ1v) is 17.8. The third kappa shape index (κ3) is 5.23. The number of hydrogen-bond donors (Lipinski definition) is 0. The highest BCUT2D eigenvalue weighted by molar-refractivity contribution is 7.25. The molecule has 0 aliphatic carbocycles. The Hall–Kier alpha value is -6.56. The summed E-state index contributed by atoms with van der Waals surface area (Å²) in [7, 11) is 0. The van der Waals surface area contributed by atoms with E-state index < -0.39 is 0 Å². The van der Waals surface area contributed by atoms with Crippen LogP contribution in [0.5, 0.6) is 0 Å². The lowest BCUT2D eigenvalue weighted by molar-refractivity contribution is 0.669. The van der Waals surface area contributed by atoms with Gasteiger partial charge in [0.05, 0.1) is 23.3 Å². The summed E-state index contributed by atoms with van der Waals surface area (Å²) in [6.45, 7) is 0. The second-order valence-corrected chi connectivity index (χ2v) is 13.7. The summed E-state index contributed by atoms with van der Waals surface area (Å²) in [5.74, 6) is 0. The van der Waals surface area contributed by atoms with Crippen LogP contribution in [-0.4, -0.2) is 9.97 Å². The Kier molecular flexibility index (Phi) is 6.96. The minimum atomic E-state index is 0.899. The SMILES string of the molecule is c1ccc(-c2ccc(N(c3ccc(-c4ccc5oc6ccccc6c5c4)cc3)c3ccc(-c4ccc5sc6ccccc6c5c4)nc3)cc2)nc1. The zero-order valence-electron chi connectivity index (χ0n) is 27.4. The topological polar surface area (TPSA) is 42.2 Å². The number of thiophene rings is 1. The van der Waals surface area contributed by atoms with Gasteiger partial charge in [-0.05, 0) is 96.1 Å². The van der Waals surface area contributed by atoms with Crippen molar-refractivity contribution in [2.75, 3.05) is 4.90 Å². The Morgan fingerprint density at radius 2 is 1.04 bits per heavy atom. The molecular formula is C46H29N3OS. The van der Waals surface area contributed by atoms with Gasteiger partial charge in [0.15, 0.2) is 0 Å². The minimum absolute atomic E-state index is 0.899. The number of para-hydroxylation sites is 1. The zero-order chi connectivity index (χ0) is 33.7. The van der Waals surface area contributed by atoms with E-state index in [0.717, 1.165) is 72.6 Å². The fourth-order valence-electron chi connectivity index (χ4n) is 7.05. The largest absolute Gasteiger partial charge is 0.456 e. The smallest absolute Gasteiger partial charge is 0.135 e. The second-order valence-electron chi connectivity index (χ2n) is 12.7. The average Bonchev–Trinajstić information content (AvgIpc) is 3.77. The van der Waals surface area contributed by atoms with E-state index in [9.17, 15) is 0 Å². The third-order valence-corrected chi connectivity index (χ3v) is 10.8. The molecule has 0 aliphatic rings. The van der Waals surface area contributed by atoms with Crippen LogP contribution in [0.15, 0.2) is 181 Å². The molecule has 0 saturated heterocycles. The van der Waals surface area contributed by atoms with Crippen LogP contribution >= 0.6 is 11.3 Å². The highest BCUT2D eigenvalue weighted by Crippen LogP contribution is 2.39. The monoisotopic (exact) mass is 671 g/mol. The van der Waals surface area contributed by atoms with Gasteiger partial charge in [0.2, 0.25) is 0 Å². The maximum absolute atomic E-state index is 6.08. The first kappa shape index (κ1) is 29.4. The van der Waals surface area contributed by atoms with Gasteiger partial charge < -0.3 is 9.32 Å². The molecule has 4 heterocycles. The number of nitrogens with zero attached hydrogens (tertiary/aromatic N) is 3. The predicted molar refractivity (Wildman–Crippen MR) is 213 cm³/mol. The van der Waals surface area contributed by atoms with Crippen LogP contribution in [0.25, 0.3) is 75.8 Å². The van der Waals surface area contributed by atoms with Crippen LogP contribution in [0.2, 0.25) is 0 Å². The fourth-order valence-corrected chi connectivity index (χ4v) is 8.13. The van der Waals surface area contributed by atoms with Crippen molar-refractivity contribution in [2.24, 2.45) is 0 Å². The molecule has 0 radical (unpaired) electrons. The fraction of sp³-hybridized carbons (Fsp3) is 0. The van der Waals surface area contributed by atoms with E-state index >= 15 is 0 Å². The molecule has 0 spiro atoms. The minimum Gasteiger partial charge on any atom is -0.456 e. The summed E-state index contributed by atoms with van der Waals surface area (Å²) in [6, 6.07) is 57.5. The third-order valence-electron chi connectivity index (χ3n) is 9.60. The predicted octanol–water partition coefficient (Wildman–Crippen LogP) is 13.2. The van der Waals surface area contributed by atoms with Crippen molar-refractivity contribution in [3.63, 3.8) is 0 Å². The van der Waals surface area contributed by atoms with Gasteiger partial charge >= 0.3 is 0 Å². The summed E-state index contributed by atoms with van der Waals surface area (Å²) in [5, 5.41) is 4.82. The first-order valence-electron chi connectivity index (χ1n) is 17.0. The van der Waals surface area contributed by atoms with Crippen LogP contribution in [0.1, 0.15) is 0 Å². The van der Waals surface area contributed by atoms with Crippen LogP contribution < -0.4 is 4.90 Å². The van der Waals surface area contributed by atoms with Gasteiger partial charge in [0, 0.05) is 59.6 Å². The molecule has 0 atom stereocenters. The summed E-state index contributed by atoms with van der Waals surface area (Å²) >= 11 is 1.83. The number of benzene rings is 6. The van der Waals surface area contributed by atoms with Gasteiger partial charge in [-0.1, -0.05) is 78.9 Å². The van der Waals surface area contributed by atoms with E-state index in [2.05, 4.69) is 143 Å². The number of pyridine rings is 2. The summed E-state index contributed by atoms with van der Waals surface area (Å²) in [5.41, 5.74) is 11.2. The van der Waals surface area contributed by atoms with Crippen molar-refractivity contribution in [1.82, 2.24) is 9.97 Å². The van der Waals surface area contributed by atoms with Crippen LogP contribution in [0.4, 0.5) is 17.1 Å². The van der Waals surface area contributed by atoms with E-state index in [-0.39, 0.29) is 0 Å². The van der Waals surface area contributed by atoms with Crippen LogP contribution in [0, 0.1) is 0 Å². The van der Waals surface area contributed by atoms with E-state index in [1.54, 1.807) is 0 Å². The van der Waals surface area contributed by atoms with Crippen molar-refractivity contribution < 1.29 is 4.42 Å². The molecule has 0 fully saturated rings. The molecule has 0 amide bonds. The number of hydrogen-bond acceptors (Lipinski definition) is 5. The Morgan fingerprint density at radius 1 is 0.412 bits per heavy atom. The molecule has 51 heavy (non-hydrogen) atoms. The summed E-state index contributed by atoms with van der Waals surface area (Å²) in [4.78, 5) is 11.8. The molecule has 10 aromatic rings. The van der Waals surface area contributed by atoms with Crippen LogP contribution in [-0.2, 0) is 0 Å². The number of rotatable bonds is 6. The number of aromatic nitrogens is 2. The van der Waals surface area contributed by atoms with Crippen molar-refractivity contribution in [1.29, 1.82) is 0 Å². The van der Waals surface area contributed by atoms with Crippen molar-refractivity contribution in [3.8, 4) is 33.6 Å². The molecule has 4 aromatic heterocycles. The molecule has 240 valence electrons. The lowest BCUT2D eigenvalue weighted by Gasteiger charge is -2.25. The average molecular weight is 672 g/mol. The number of anilines is 3. The summed E-state index contributed by atoms with van der Waals surface area (Å²) in [6.07, 6.45) is 3.81. The first-order chi connectivity index (χ1) is 25.2. The zero-order valence-corrected chi connectivity index (χ0v) is 28.2. The Bertz CT molecular complexity index is 2680. The van der Waals surface area contributed by atoms with E-state index in [4.69, 9.17) is 9.40 Å². The van der Waals surface area contributed by atoms with Crippen molar-refractivity contribution in [2.45, 2.75) is 0 Å². The highest BCUT2D eigenvalue weighted by atomic mass is 32.1. The Labute approximate surface area is 298 Å². The van der Waals surface area contributed by atoms with E-state index in [1.807, 2.05) is 54.1 Å². The quantitative estimate of drug-likeness (QED) is 0.176. The molecule has 5 heteroatoms. The standard InChI is InChI=1S/C46H29N3OS/c1-3-10-43-37(7-1)39-27-32(16-24-44(39)50-43)30-12-18-34(19-13-30)49(35-20-14-31(15-21-35)41-9-5-6-26-47-41)36-22-23-42(48-29-36)33-17-25-46-40(28-33)38-8-2-4-11-45(38)51-46/h1-29H. The normalized spacial score (nSPS) is 11.5. The highest BCUT2D eigenvalue weighted by Gasteiger charge is 2.16. The molecule has 4 nitrogen and oxygen atoms in total. The van der Waals surface area contributed by atoms with E-state index in [0.29, 0.717) is 0 Å². The van der Waals surface area contributed by atoms with Gasteiger partial charge in [0.1, 0.15) is 11.2 Å².